The van der Waals surface area contributed by atoms with Gasteiger partial charge in [-0.3, -0.25) is 15.2 Å². The molecule has 35 heavy (non-hydrogen) atoms. The van der Waals surface area contributed by atoms with Crippen LogP contribution in [0.25, 0.3) is 22.4 Å². The van der Waals surface area contributed by atoms with Gasteiger partial charge in [-0.1, -0.05) is 31.4 Å². The number of anilines is 1. The van der Waals surface area contributed by atoms with Crippen LogP contribution in [0.4, 0.5) is 5.95 Å². The minimum atomic E-state index is -0.583. The molecule has 10 nitrogen and oxygen atoms in total. The van der Waals surface area contributed by atoms with Crippen LogP contribution in [0, 0.1) is 11.8 Å². The number of morpholine rings is 1. The van der Waals surface area contributed by atoms with E-state index in [0.29, 0.717) is 41.1 Å². The fraction of sp³-hybridized carbons (Fsp3) is 0.542. The average Bonchev–Trinajstić information content (AvgIpc) is 3.22. The first-order valence-corrected chi connectivity index (χ1v) is 12.6. The van der Waals surface area contributed by atoms with E-state index in [4.69, 9.17) is 27.2 Å². The topological polar surface area (TPSA) is 124 Å². The number of fused-ring (bicyclic) bond motifs is 1. The molecule has 3 N–H and O–H groups in total. The number of hydrogen-bond acceptors (Lipinski definition) is 8. The second kappa shape index (κ2) is 10.0. The smallest absolute Gasteiger partial charge is 0.303 e. The third-order valence-corrected chi connectivity index (χ3v) is 7.30. The Morgan fingerprint density at radius 3 is 2.71 bits per heavy atom. The number of nitrogens with zero attached hydrogens (tertiary/aromatic N) is 6. The summed E-state index contributed by atoms with van der Waals surface area (Å²) >= 11 is 6.28. The van der Waals surface area contributed by atoms with Crippen molar-refractivity contribution in [3.63, 3.8) is 0 Å². The maximum atomic E-state index is 12.4. The van der Waals surface area contributed by atoms with Crippen molar-refractivity contribution in [2.24, 2.45) is 17.7 Å². The van der Waals surface area contributed by atoms with Gasteiger partial charge in [-0.05, 0) is 37.7 Å². The Morgan fingerprint density at radius 1 is 1.20 bits per heavy atom. The number of hydrazine groups is 1. The van der Waals surface area contributed by atoms with Gasteiger partial charge >= 0.3 is 5.91 Å². The number of pyridine rings is 1. The summed E-state index contributed by atoms with van der Waals surface area (Å²) in [6.45, 7) is 7.24. The van der Waals surface area contributed by atoms with Gasteiger partial charge in [-0.2, -0.15) is 4.98 Å². The lowest BCUT2D eigenvalue weighted by atomic mass is 9.83. The third-order valence-electron chi connectivity index (χ3n) is 7.10. The van der Waals surface area contributed by atoms with Gasteiger partial charge in [-0.25, -0.2) is 15.8 Å². The van der Waals surface area contributed by atoms with Crippen LogP contribution in [0.5, 0.6) is 0 Å². The van der Waals surface area contributed by atoms with E-state index in [0.717, 1.165) is 30.5 Å². The molecular weight excluding hydrogens is 468 g/mol. The lowest BCUT2D eigenvalue weighted by Crippen LogP contribution is -2.45. The molecule has 1 aliphatic heterocycles. The highest BCUT2D eigenvalue weighted by Crippen LogP contribution is 2.36. The Balaban J connectivity index is 1.72. The van der Waals surface area contributed by atoms with E-state index < -0.39 is 5.91 Å². The normalized spacial score (nSPS) is 23.0. The van der Waals surface area contributed by atoms with Gasteiger partial charge in [0, 0.05) is 31.0 Å². The number of imidazole rings is 1. The van der Waals surface area contributed by atoms with Crippen LogP contribution in [0.15, 0.2) is 18.5 Å². The van der Waals surface area contributed by atoms with Crippen molar-refractivity contribution in [2.75, 3.05) is 24.7 Å². The number of nitrogens with one attached hydrogen (secondary N) is 1. The van der Waals surface area contributed by atoms with Crippen LogP contribution in [0.3, 0.4) is 0 Å². The number of amides is 1. The first-order valence-electron chi connectivity index (χ1n) is 12.2. The molecule has 1 amide bonds. The zero-order chi connectivity index (χ0) is 24.5. The number of rotatable bonds is 5. The van der Waals surface area contributed by atoms with Crippen molar-refractivity contribution in [1.29, 1.82) is 0 Å². The highest BCUT2D eigenvalue weighted by atomic mass is 35.5. The molecule has 5 rings (SSSR count). The van der Waals surface area contributed by atoms with Gasteiger partial charge in [-0.15, -0.1) is 0 Å². The Labute approximate surface area is 209 Å². The molecular formula is C24H31ClN8O2. The van der Waals surface area contributed by atoms with E-state index in [1.165, 1.54) is 25.7 Å². The number of hydrogen-bond donors (Lipinski definition) is 2. The molecule has 11 heteroatoms. The van der Waals surface area contributed by atoms with Gasteiger partial charge in [0.2, 0.25) is 11.8 Å². The van der Waals surface area contributed by atoms with Gasteiger partial charge in [0.15, 0.2) is 5.65 Å². The van der Waals surface area contributed by atoms with E-state index in [-0.39, 0.29) is 11.9 Å². The molecule has 4 heterocycles. The van der Waals surface area contributed by atoms with E-state index in [1.807, 2.05) is 0 Å². The van der Waals surface area contributed by atoms with Crippen LogP contribution < -0.4 is 16.2 Å². The van der Waals surface area contributed by atoms with Gasteiger partial charge in [0.1, 0.15) is 11.2 Å². The summed E-state index contributed by atoms with van der Waals surface area (Å²) in [5, 5.41) is 0.480. The fourth-order valence-electron chi connectivity index (χ4n) is 5.12. The van der Waals surface area contributed by atoms with E-state index in [1.54, 1.807) is 18.5 Å². The van der Waals surface area contributed by atoms with Crippen LogP contribution in [0.2, 0.25) is 5.02 Å². The Hall–Kier alpha value is -2.82. The number of carbonyl (C=O) groups is 1. The van der Waals surface area contributed by atoms with Crippen molar-refractivity contribution in [3.05, 3.63) is 29.3 Å². The molecule has 1 saturated carbocycles. The monoisotopic (exact) mass is 498 g/mol. The Morgan fingerprint density at radius 2 is 2.00 bits per heavy atom. The Kier molecular flexibility index (Phi) is 6.86. The maximum absolute atomic E-state index is 12.4. The molecule has 2 fully saturated rings. The average molecular weight is 499 g/mol. The molecule has 1 unspecified atom stereocenters. The zero-order valence-electron chi connectivity index (χ0n) is 20.1. The minimum absolute atomic E-state index is 0.0484. The number of aromatic nitrogens is 5. The van der Waals surface area contributed by atoms with Crippen LogP contribution >= 0.6 is 11.6 Å². The summed E-state index contributed by atoms with van der Waals surface area (Å²) in [6.07, 6.45) is 8.04. The summed E-state index contributed by atoms with van der Waals surface area (Å²) < 4.78 is 7.92. The fourth-order valence-corrected chi connectivity index (χ4v) is 5.29. The minimum Gasteiger partial charge on any atom is -0.377 e. The lowest BCUT2D eigenvalue weighted by Gasteiger charge is -2.35. The zero-order valence-corrected chi connectivity index (χ0v) is 20.8. The number of ether oxygens (including phenoxy) is 1. The summed E-state index contributed by atoms with van der Waals surface area (Å²) in [5.74, 6) is 6.88. The number of halogens is 1. The Bertz CT molecular complexity index is 1220. The van der Waals surface area contributed by atoms with Gasteiger partial charge in [0.25, 0.3) is 0 Å². The highest BCUT2D eigenvalue weighted by Gasteiger charge is 2.30. The first kappa shape index (κ1) is 23.9. The lowest BCUT2D eigenvalue weighted by molar-refractivity contribution is 0.0943. The molecule has 1 atom stereocenters. The second-order valence-electron chi connectivity index (χ2n) is 9.70. The second-order valence-corrected chi connectivity index (χ2v) is 10.1. The van der Waals surface area contributed by atoms with Crippen LogP contribution in [-0.4, -0.2) is 56.2 Å². The predicted molar refractivity (Wildman–Crippen MR) is 134 cm³/mol. The van der Waals surface area contributed by atoms with E-state index in [2.05, 4.69) is 43.7 Å². The summed E-state index contributed by atoms with van der Waals surface area (Å²) in [6, 6.07) is 1.94. The van der Waals surface area contributed by atoms with E-state index in [9.17, 15) is 4.79 Å². The van der Waals surface area contributed by atoms with Crippen molar-refractivity contribution in [2.45, 2.75) is 52.1 Å². The summed E-state index contributed by atoms with van der Waals surface area (Å²) in [4.78, 5) is 33.0. The molecule has 2 aliphatic rings. The van der Waals surface area contributed by atoms with Crippen LogP contribution in [0.1, 0.15) is 50.1 Å². The molecule has 0 radical (unpaired) electrons. The number of nitrogens with two attached hydrogens (primary N) is 1. The molecule has 3 aromatic rings. The molecule has 0 aromatic carbocycles. The highest BCUT2D eigenvalue weighted by molar-refractivity contribution is 6.30. The van der Waals surface area contributed by atoms with Crippen molar-refractivity contribution >= 4 is 34.6 Å². The van der Waals surface area contributed by atoms with Gasteiger partial charge in [0.05, 0.1) is 24.3 Å². The maximum Gasteiger partial charge on any atom is 0.303 e. The molecule has 3 aromatic heterocycles. The standard InChI is InChI=1S/C24H31ClN8O2/c1-14-3-5-16(6-4-14)12-33-20-19(17-9-18(25)11-27-10-17)28-22(23(34)31-26)29-21(20)30-24(33)32-7-8-35-13-15(32)2/h9-11,14-16H,3-8,12-13,26H2,1-2H3,(H,31,34). The number of nitrogen functional groups attached to an aromatic ring is 1. The third kappa shape index (κ3) is 4.82. The van der Waals surface area contributed by atoms with Crippen LogP contribution in [-0.2, 0) is 11.3 Å². The molecule has 1 saturated heterocycles. The summed E-state index contributed by atoms with van der Waals surface area (Å²) in [7, 11) is 0. The van der Waals surface area contributed by atoms with E-state index >= 15 is 0 Å². The van der Waals surface area contributed by atoms with Crippen molar-refractivity contribution in [3.8, 4) is 11.3 Å². The molecule has 0 spiro atoms. The summed E-state index contributed by atoms with van der Waals surface area (Å²) in [5.41, 5.74) is 4.61. The predicted octanol–water partition coefficient (Wildman–Crippen LogP) is 3.20. The molecule has 186 valence electrons. The quantitative estimate of drug-likeness (QED) is 0.312. The largest absolute Gasteiger partial charge is 0.377 e. The SMILES string of the molecule is CC1CCC(Cn2c(N3CCOCC3C)nc3nc(C(=O)NN)nc(-c4cncc(Cl)c4)c32)CC1. The van der Waals surface area contributed by atoms with Crippen molar-refractivity contribution in [1.82, 2.24) is 29.9 Å². The van der Waals surface area contributed by atoms with Gasteiger partial charge < -0.3 is 14.2 Å². The number of carbonyl (C=O) groups excluding carboxylic acids is 1. The van der Waals surface area contributed by atoms with Crippen molar-refractivity contribution < 1.29 is 9.53 Å². The molecule has 1 aliphatic carbocycles. The molecule has 0 bridgehead atoms. The first-order chi connectivity index (χ1) is 16.9.